The first kappa shape index (κ1) is 17.3. The summed E-state index contributed by atoms with van der Waals surface area (Å²) in [5, 5.41) is 17.9. The van der Waals surface area contributed by atoms with Gasteiger partial charge < -0.3 is 9.84 Å². The molecule has 0 saturated heterocycles. The fourth-order valence-electron chi connectivity index (χ4n) is 1.70. The van der Waals surface area contributed by atoms with Crippen LogP contribution in [0.15, 0.2) is 12.2 Å². The Balaban J connectivity index is 4.21. The van der Waals surface area contributed by atoms with Crippen LogP contribution in [0.5, 0.6) is 0 Å². The second kappa shape index (κ2) is 10.3. The number of carbonyl (C=O) groups excluding carboxylic acids is 2. The number of rotatable bonds is 8. The monoisotopic (exact) mass is 267 g/mol. The summed E-state index contributed by atoms with van der Waals surface area (Å²) in [6, 6.07) is 1.61. The lowest BCUT2D eigenvalue weighted by Crippen LogP contribution is -2.27. The van der Waals surface area contributed by atoms with Gasteiger partial charge in [0.15, 0.2) is 6.10 Å². The number of unbranched alkanes of at least 4 members (excludes halogenated alkanes) is 1. The number of nitrogens with zero attached hydrogens (tertiary/aromatic N) is 1. The Morgan fingerprint density at radius 1 is 1.42 bits per heavy atom. The SMILES string of the molecule is CCCCC(CC)CC(O)C(=O)OC(=O)C=CC#N. The van der Waals surface area contributed by atoms with Crippen LogP contribution >= 0.6 is 0 Å². The van der Waals surface area contributed by atoms with Crippen molar-refractivity contribution in [3.8, 4) is 6.07 Å². The summed E-state index contributed by atoms with van der Waals surface area (Å²) in [5.41, 5.74) is 0. The average Bonchev–Trinajstić information content (AvgIpc) is 2.40. The molecule has 5 heteroatoms. The molecule has 0 aromatic rings. The molecular formula is C14H21NO4. The third-order valence-corrected chi connectivity index (χ3v) is 2.87. The van der Waals surface area contributed by atoms with E-state index < -0.39 is 18.0 Å². The number of allylic oxidation sites excluding steroid dienone is 1. The minimum atomic E-state index is -1.29. The van der Waals surface area contributed by atoms with E-state index in [2.05, 4.69) is 11.7 Å². The Hall–Kier alpha value is -1.67. The number of hydrogen-bond acceptors (Lipinski definition) is 5. The van der Waals surface area contributed by atoms with Gasteiger partial charge in [-0.1, -0.05) is 39.5 Å². The zero-order chi connectivity index (χ0) is 14.7. The molecule has 106 valence electrons. The summed E-state index contributed by atoms with van der Waals surface area (Å²) in [6.07, 6.45) is 4.69. The van der Waals surface area contributed by atoms with E-state index in [0.717, 1.165) is 37.8 Å². The van der Waals surface area contributed by atoms with Crippen molar-refractivity contribution >= 4 is 11.9 Å². The Bertz CT molecular complexity index is 357. The predicted octanol–water partition coefficient (Wildman–Crippen LogP) is 2.10. The summed E-state index contributed by atoms with van der Waals surface area (Å²) >= 11 is 0. The van der Waals surface area contributed by atoms with E-state index in [0.29, 0.717) is 6.42 Å². The average molecular weight is 267 g/mol. The minimum Gasteiger partial charge on any atom is -0.388 e. The van der Waals surface area contributed by atoms with Crippen LogP contribution in [0.25, 0.3) is 0 Å². The molecular weight excluding hydrogens is 246 g/mol. The van der Waals surface area contributed by atoms with Gasteiger partial charge in [-0.05, 0) is 12.3 Å². The lowest BCUT2D eigenvalue weighted by atomic mass is 9.93. The van der Waals surface area contributed by atoms with Crippen molar-refractivity contribution in [3.05, 3.63) is 12.2 Å². The molecule has 0 aliphatic carbocycles. The van der Waals surface area contributed by atoms with E-state index in [1.165, 1.54) is 0 Å². The number of carbonyl (C=O) groups is 2. The van der Waals surface area contributed by atoms with Crippen molar-refractivity contribution in [2.24, 2.45) is 5.92 Å². The maximum atomic E-state index is 11.4. The van der Waals surface area contributed by atoms with Crippen molar-refractivity contribution in [2.75, 3.05) is 0 Å². The Kier molecular flexibility index (Phi) is 9.37. The molecule has 19 heavy (non-hydrogen) atoms. The first-order valence-electron chi connectivity index (χ1n) is 6.54. The van der Waals surface area contributed by atoms with E-state index in [4.69, 9.17) is 5.26 Å². The molecule has 1 N–H and O–H groups in total. The maximum absolute atomic E-state index is 11.4. The summed E-state index contributed by atoms with van der Waals surface area (Å²) in [7, 11) is 0. The Morgan fingerprint density at radius 2 is 2.11 bits per heavy atom. The van der Waals surface area contributed by atoms with Crippen molar-refractivity contribution in [3.63, 3.8) is 0 Å². The van der Waals surface area contributed by atoms with Gasteiger partial charge in [-0.25, -0.2) is 9.59 Å². The number of aliphatic hydroxyl groups excluding tert-OH is 1. The Morgan fingerprint density at radius 3 is 2.63 bits per heavy atom. The number of aliphatic hydroxyl groups is 1. The summed E-state index contributed by atoms with van der Waals surface area (Å²) in [5.74, 6) is -1.65. The Labute approximate surface area is 113 Å². The zero-order valence-electron chi connectivity index (χ0n) is 11.5. The summed E-state index contributed by atoms with van der Waals surface area (Å²) in [4.78, 5) is 22.5. The summed E-state index contributed by atoms with van der Waals surface area (Å²) in [6.45, 7) is 4.08. The van der Waals surface area contributed by atoms with Gasteiger partial charge in [-0.3, -0.25) is 0 Å². The normalized spacial score (nSPS) is 13.8. The van der Waals surface area contributed by atoms with E-state index in [9.17, 15) is 14.7 Å². The van der Waals surface area contributed by atoms with Crippen LogP contribution in [0.4, 0.5) is 0 Å². The topological polar surface area (TPSA) is 87.4 Å². The van der Waals surface area contributed by atoms with Crippen molar-refractivity contribution in [1.82, 2.24) is 0 Å². The first-order chi connectivity index (χ1) is 9.04. The van der Waals surface area contributed by atoms with E-state index in [1.807, 2.05) is 6.92 Å². The van der Waals surface area contributed by atoms with Gasteiger partial charge in [-0.15, -0.1) is 0 Å². The van der Waals surface area contributed by atoms with Crippen LogP contribution in [0, 0.1) is 17.2 Å². The van der Waals surface area contributed by atoms with Crippen LogP contribution in [-0.4, -0.2) is 23.1 Å². The molecule has 0 saturated carbocycles. The highest BCUT2D eigenvalue weighted by Gasteiger charge is 2.22. The maximum Gasteiger partial charge on any atom is 0.342 e. The molecule has 0 rings (SSSR count). The molecule has 5 nitrogen and oxygen atoms in total. The molecule has 0 aliphatic rings. The second-order valence-electron chi connectivity index (χ2n) is 4.37. The molecule has 2 atom stereocenters. The van der Waals surface area contributed by atoms with Gasteiger partial charge in [0.1, 0.15) is 0 Å². The van der Waals surface area contributed by atoms with Crippen molar-refractivity contribution < 1.29 is 19.4 Å². The number of esters is 2. The van der Waals surface area contributed by atoms with Gasteiger partial charge in [0.05, 0.1) is 6.07 Å². The van der Waals surface area contributed by atoms with Gasteiger partial charge >= 0.3 is 11.9 Å². The van der Waals surface area contributed by atoms with Crippen molar-refractivity contribution in [2.45, 2.75) is 52.1 Å². The van der Waals surface area contributed by atoms with E-state index in [-0.39, 0.29) is 5.92 Å². The molecule has 0 fully saturated rings. The van der Waals surface area contributed by atoms with Crippen LogP contribution < -0.4 is 0 Å². The molecule has 0 radical (unpaired) electrons. The van der Waals surface area contributed by atoms with E-state index >= 15 is 0 Å². The fourth-order valence-corrected chi connectivity index (χ4v) is 1.70. The molecule has 0 aromatic heterocycles. The smallest absolute Gasteiger partial charge is 0.342 e. The molecule has 0 aliphatic heterocycles. The highest BCUT2D eigenvalue weighted by molar-refractivity contribution is 5.93. The van der Waals surface area contributed by atoms with Gasteiger partial charge in [-0.2, -0.15) is 5.26 Å². The standard InChI is InChI=1S/C14H21NO4/c1-3-5-7-11(4-2)10-12(16)14(18)19-13(17)8-6-9-15/h6,8,11-12,16H,3-5,7,10H2,1-2H3. The number of ether oxygens (including phenoxy) is 1. The van der Waals surface area contributed by atoms with Gasteiger partial charge in [0.25, 0.3) is 0 Å². The van der Waals surface area contributed by atoms with Crippen LogP contribution in [0.3, 0.4) is 0 Å². The van der Waals surface area contributed by atoms with Crippen molar-refractivity contribution in [1.29, 1.82) is 5.26 Å². The highest BCUT2D eigenvalue weighted by Crippen LogP contribution is 2.19. The number of nitriles is 1. The summed E-state index contributed by atoms with van der Waals surface area (Å²) < 4.78 is 4.40. The molecule has 0 amide bonds. The largest absolute Gasteiger partial charge is 0.388 e. The van der Waals surface area contributed by atoms with Crippen LogP contribution in [0.2, 0.25) is 0 Å². The third-order valence-electron chi connectivity index (χ3n) is 2.87. The fraction of sp³-hybridized carbons (Fsp3) is 0.643. The van der Waals surface area contributed by atoms with E-state index in [1.54, 1.807) is 6.07 Å². The highest BCUT2D eigenvalue weighted by atomic mass is 16.6. The van der Waals surface area contributed by atoms with Gasteiger partial charge in [0, 0.05) is 12.2 Å². The predicted molar refractivity (Wildman–Crippen MR) is 69.8 cm³/mol. The second-order valence-corrected chi connectivity index (χ2v) is 4.37. The quantitative estimate of drug-likeness (QED) is 0.315. The van der Waals surface area contributed by atoms with Crippen LogP contribution in [0.1, 0.15) is 46.0 Å². The third kappa shape index (κ3) is 8.11. The molecule has 2 unspecified atom stereocenters. The van der Waals surface area contributed by atoms with Crippen LogP contribution in [-0.2, 0) is 14.3 Å². The molecule has 0 aromatic carbocycles. The minimum absolute atomic E-state index is 0.243. The van der Waals surface area contributed by atoms with Gasteiger partial charge in [0.2, 0.25) is 0 Å². The zero-order valence-corrected chi connectivity index (χ0v) is 11.5. The molecule has 0 spiro atoms. The lowest BCUT2D eigenvalue weighted by Gasteiger charge is -2.17. The number of hydrogen-bond donors (Lipinski definition) is 1. The molecule has 0 bridgehead atoms. The molecule has 0 heterocycles. The first-order valence-corrected chi connectivity index (χ1v) is 6.54. The lowest BCUT2D eigenvalue weighted by molar-refractivity contribution is -0.163.